The SMILES string of the molecule is CCC(C(=O)N(Cc1ccccc1)Cc1scnc1C)n1cccn1. The first-order valence-electron chi connectivity index (χ1n) is 8.39. The number of benzene rings is 1. The Bertz CT molecular complexity index is 798. The molecule has 130 valence electrons. The van der Waals surface area contributed by atoms with Gasteiger partial charge in [-0.1, -0.05) is 37.3 Å². The minimum absolute atomic E-state index is 0.0860. The number of aromatic nitrogens is 3. The van der Waals surface area contributed by atoms with E-state index >= 15 is 0 Å². The number of hydrogen-bond donors (Lipinski definition) is 0. The lowest BCUT2D eigenvalue weighted by atomic mass is 10.1. The molecule has 1 unspecified atom stereocenters. The zero-order valence-corrected chi connectivity index (χ0v) is 15.3. The van der Waals surface area contributed by atoms with Crippen LogP contribution in [0, 0.1) is 6.92 Å². The molecule has 0 radical (unpaired) electrons. The van der Waals surface area contributed by atoms with Crippen molar-refractivity contribution in [3.63, 3.8) is 0 Å². The van der Waals surface area contributed by atoms with E-state index in [1.165, 1.54) is 0 Å². The van der Waals surface area contributed by atoms with Crippen LogP contribution < -0.4 is 0 Å². The molecule has 0 aliphatic rings. The third kappa shape index (κ3) is 4.14. The number of thiazole rings is 1. The maximum Gasteiger partial charge on any atom is 0.248 e. The number of rotatable bonds is 7. The molecule has 2 aromatic heterocycles. The highest BCUT2D eigenvalue weighted by atomic mass is 32.1. The largest absolute Gasteiger partial charge is 0.331 e. The summed E-state index contributed by atoms with van der Waals surface area (Å²) >= 11 is 1.60. The van der Waals surface area contributed by atoms with Crippen molar-refractivity contribution >= 4 is 17.2 Å². The Balaban J connectivity index is 1.86. The lowest BCUT2D eigenvalue weighted by Crippen LogP contribution is -2.36. The van der Waals surface area contributed by atoms with Crippen LogP contribution in [0.4, 0.5) is 0 Å². The Morgan fingerprint density at radius 3 is 2.64 bits per heavy atom. The molecule has 0 N–H and O–H groups in total. The number of nitrogens with zero attached hydrogens (tertiary/aromatic N) is 4. The quantitative estimate of drug-likeness (QED) is 0.648. The highest BCUT2D eigenvalue weighted by Gasteiger charge is 2.26. The molecule has 3 rings (SSSR count). The van der Waals surface area contributed by atoms with Crippen molar-refractivity contribution in [2.45, 2.75) is 39.4 Å². The van der Waals surface area contributed by atoms with Gasteiger partial charge in [-0.3, -0.25) is 9.48 Å². The van der Waals surface area contributed by atoms with Crippen molar-refractivity contribution in [2.24, 2.45) is 0 Å². The van der Waals surface area contributed by atoms with E-state index < -0.39 is 0 Å². The maximum absolute atomic E-state index is 13.3. The van der Waals surface area contributed by atoms with Crippen molar-refractivity contribution < 1.29 is 4.79 Å². The summed E-state index contributed by atoms with van der Waals surface area (Å²) in [4.78, 5) is 20.6. The highest BCUT2D eigenvalue weighted by molar-refractivity contribution is 7.09. The van der Waals surface area contributed by atoms with Gasteiger partial charge in [-0.2, -0.15) is 5.10 Å². The van der Waals surface area contributed by atoms with E-state index in [-0.39, 0.29) is 11.9 Å². The monoisotopic (exact) mass is 354 g/mol. The topological polar surface area (TPSA) is 51.0 Å². The van der Waals surface area contributed by atoms with Crippen LogP contribution in [-0.2, 0) is 17.9 Å². The number of carbonyl (C=O) groups excluding carboxylic acids is 1. The van der Waals surface area contributed by atoms with E-state index in [4.69, 9.17) is 0 Å². The second-order valence-corrected chi connectivity index (χ2v) is 6.89. The molecule has 0 aliphatic carbocycles. The van der Waals surface area contributed by atoms with Crippen molar-refractivity contribution in [1.29, 1.82) is 0 Å². The van der Waals surface area contributed by atoms with E-state index in [1.807, 2.05) is 54.7 Å². The van der Waals surface area contributed by atoms with Crippen molar-refractivity contribution in [2.75, 3.05) is 0 Å². The molecule has 0 spiro atoms. The van der Waals surface area contributed by atoms with E-state index in [1.54, 1.807) is 22.2 Å². The summed E-state index contributed by atoms with van der Waals surface area (Å²) in [5, 5.41) is 4.27. The predicted octanol–water partition coefficient (Wildman–Crippen LogP) is 3.83. The minimum atomic E-state index is -0.285. The molecule has 1 atom stereocenters. The fourth-order valence-electron chi connectivity index (χ4n) is 2.82. The highest BCUT2D eigenvalue weighted by Crippen LogP contribution is 2.21. The smallest absolute Gasteiger partial charge is 0.248 e. The van der Waals surface area contributed by atoms with Crippen LogP contribution in [-0.4, -0.2) is 25.6 Å². The fraction of sp³-hybridized carbons (Fsp3) is 0.316. The molecule has 0 saturated heterocycles. The standard InChI is InChI=1S/C19H22N4OS/c1-3-17(23-11-7-10-21-23)19(24)22(12-16-8-5-4-6-9-16)13-18-15(2)20-14-25-18/h4-11,14,17H,3,12-13H2,1-2H3. The molecule has 2 heterocycles. The van der Waals surface area contributed by atoms with Gasteiger partial charge in [-0.05, 0) is 25.0 Å². The molecule has 0 saturated carbocycles. The lowest BCUT2D eigenvalue weighted by Gasteiger charge is -2.27. The predicted molar refractivity (Wildman–Crippen MR) is 99.1 cm³/mol. The van der Waals surface area contributed by atoms with Crippen LogP contribution in [0.15, 0.2) is 54.3 Å². The fourth-order valence-corrected chi connectivity index (χ4v) is 3.61. The van der Waals surface area contributed by atoms with Gasteiger partial charge in [0.2, 0.25) is 5.91 Å². The molecular weight excluding hydrogens is 332 g/mol. The van der Waals surface area contributed by atoms with E-state index in [9.17, 15) is 4.79 Å². The first-order chi connectivity index (χ1) is 12.2. The third-order valence-corrected chi connectivity index (χ3v) is 5.14. The summed E-state index contributed by atoms with van der Waals surface area (Å²) in [6.07, 6.45) is 4.27. The average molecular weight is 354 g/mol. The number of aryl methyl sites for hydroxylation is 1. The van der Waals surface area contributed by atoms with Gasteiger partial charge in [0.05, 0.1) is 17.7 Å². The van der Waals surface area contributed by atoms with Gasteiger partial charge in [0.1, 0.15) is 6.04 Å². The van der Waals surface area contributed by atoms with Gasteiger partial charge in [-0.25, -0.2) is 4.98 Å². The summed E-state index contributed by atoms with van der Waals surface area (Å²) in [5.74, 6) is 0.0860. The van der Waals surface area contributed by atoms with E-state index in [0.29, 0.717) is 19.5 Å². The van der Waals surface area contributed by atoms with Gasteiger partial charge in [0.25, 0.3) is 0 Å². The molecule has 5 nitrogen and oxygen atoms in total. The Kier molecular flexibility index (Phi) is 5.60. The Hall–Kier alpha value is -2.47. The number of amides is 1. The minimum Gasteiger partial charge on any atom is -0.331 e. The first kappa shape index (κ1) is 17.4. The van der Waals surface area contributed by atoms with Gasteiger partial charge >= 0.3 is 0 Å². The van der Waals surface area contributed by atoms with Crippen LogP contribution in [0.2, 0.25) is 0 Å². The summed E-state index contributed by atoms with van der Waals surface area (Å²) < 4.78 is 1.75. The summed E-state index contributed by atoms with van der Waals surface area (Å²) in [5.41, 5.74) is 3.94. The molecule has 1 amide bonds. The molecule has 0 fully saturated rings. The maximum atomic E-state index is 13.3. The summed E-state index contributed by atoms with van der Waals surface area (Å²) in [7, 11) is 0. The van der Waals surface area contributed by atoms with Crippen LogP contribution in [0.1, 0.15) is 35.5 Å². The Morgan fingerprint density at radius 2 is 2.04 bits per heavy atom. The zero-order valence-electron chi connectivity index (χ0n) is 14.5. The normalized spacial score (nSPS) is 12.1. The van der Waals surface area contributed by atoms with Crippen molar-refractivity contribution in [1.82, 2.24) is 19.7 Å². The number of carbonyl (C=O) groups is 1. The molecule has 0 bridgehead atoms. The molecule has 25 heavy (non-hydrogen) atoms. The van der Waals surface area contributed by atoms with Gasteiger partial charge in [0, 0.05) is 23.8 Å². The summed E-state index contributed by atoms with van der Waals surface area (Å²) in [6, 6.07) is 11.7. The Morgan fingerprint density at radius 1 is 1.24 bits per heavy atom. The third-order valence-electron chi connectivity index (χ3n) is 4.22. The molecular formula is C19H22N4OS. The first-order valence-corrected chi connectivity index (χ1v) is 9.27. The van der Waals surface area contributed by atoms with Crippen LogP contribution >= 0.6 is 11.3 Å². The van der Waals surface area contributed by atoms with Gasteiger partial charge < -0.3 is 4.90 Å². The number of hydrogen-bond acceptors (Lipinski definition) is 4. The average Bonchev–Trinajstić information content (AvgIpc) is 3.28. The molecule has 0 aliphatic heterocycles. The van der Waals surface area contributed by atoms with Crippen molar-refractivity contribution in [3.05, 3.63) is 70.4 Å². The lowest BCUT2D eigenvalue weighted by molar-refractivity contribution is -0.136. The second-order valence-electron chi connectivity index (χ2n) is 5.95. The van der Waals surface area contributed by atoms with Crippen LogP contribution in [0.5, 0.6) is 0 Å². The second kappa shape index (κ2) is 8.07. The molecule has 1 aromatic carbocycles. The van der Waals surface area contributed by atoms with E-state index in [2.05, 4.69) is 22.2 Å². The van der Waals surface area contributed by atoms with Gasteiger partial charge in [0.15, 0.2) is 0 Å². The van der Waals surface area contributed by atoms with Crippen LogP contribution in [0.3, 0.4) is 0 Å². The van der Waals surface area contributed by atoms with Crippen LogP contribution in [0.25, 0.3) is 0 Å². The van der Waals surface area contributed by atoms with Gasteiger partial charge in [-0.15, -0.1) is 11.3 Å². The molecule has 3 aromatic rings. The Labute approximate surface area is 151 Å². The van der Waals surface area contributed by atoms with E-state index in [0.717, 1.165) is 16.1 Å². The summed E-state index contributed by atoms with van der Waals surface area (Å²) in [6.45, 7) is 5.15. The zero-order chi connectivity index (χ0) is 17.6. The van der Waals surface area contributed by atoms with Crippen molar-refractivity contribution in [3.8, 4) is 0 Å². The molecule has 6 heteroatoms.